The van der Waals surface area contributed by atoms with Gasteiger partial charge in [0.2, 0.25) is 0 Å². The van der Waals surface area contributed by atoms with Crippen molar-refractivity contribution < 1.29 is 4.74 Å². The van der Waals surface area contributed by atoms with Crippen LogP contribution in [0.1, 0.15) is 31.7 Å². The summed E-state index contributed by atoms with van der Waals surface area (Å²) in [5.74, 6) is 1.55. The Morgan fingerprint density at radius 2 is 1.65 bits per heavy atom. The quantitative estimate of drug-likeness (QED) is 0.597. The molecule has 0 amide bonds. The van der Waals surface area contributed by atoms with E-state index < -0.39 is 0 Å². The number of ether oxygens (including phenoxy) is 1. The lowest BCUT2D eigenvalue weighted by Crippen LogP contribution is -2.39. The van der Waals surface area contributed by atoms with Crippen molar-refractivity contribution in [3.8, 4) is 17.2 Å². The van der Waals surface area contributed by atoms with Crippen molar-refractivity contribution in [3.63, 3.8) is 0 Å². The van der Waals surface area contributed by atoms with Crippen molar-refractivity contribution >= 4 is 0 Å². The summed E-state index contributed by atoms with van der Waals surface area (Å²) in [7, 11) is 4.20. The predicted octanol–water partition coefficient (Wildman–Crippen LogP) is 4.07. The van der Waals surface area contributed by atoms with Gasteiger partial charge in [-0.3, -0.25) is 9.13 Å². The van der Waals surface area contributed by atoms with E-state index in [1.54, 1.807) is 4.57 Å². The molecule has 6 heteroatoms. The zero-order valence-corrected chi connectivity index (χ0v) is 18.4. The number of imidazole rings is 1. The molecule has 1 heterocycles. The zero-order chi connectivity index (χ0) is 21.6. The molecular weight excluding hydrogens is 388 g/mol. The molecule has 1 aliphatic carbocycles. The number of benzene rings is 2. The maximum atomic E-state index is 13.1. The van der Waals surface area contributed by atoms with Crippen LogP contribution in [0.25, 0.3) is 5.69 Å². The Morgan fingerprint density at radius 3 is 2.32 bits per heavy atom. The summed E-state index contributed by atoms with van der Waals surface area (Å²) in [6, 6.07) is 18.2. The molecule has 1 saturated carbocycles. The lowest BCUT2D eigenvalue weighted by Gasteiger charge is -2.34. The Bertz CT molecular complexity index is 1000. The molecule has 164 valence electrons. The molecule has 0 spiro atoms. The van der Waals surface area contributed by atoms with Gasteiger partial charge >= 0.3 is 5.69 Å². The van der Waals surface area contributed by atoms with Crippen molar-refractivity contribution in [2.24, 2.45) is 0 Å². The van der Waals surface area contributed by atoms with Gasteiger partial charge in [-0.2, -0.15) is 0 Å². The fourth-order valence-electron chi connectivity index (χ4n) is 4.41. The average Bonchev–Trinajstić information content (AvgIpc) is 3.20. The minimum absolute atomic E-state index is 0.0312. The van der Waals surface area contributed by atoms with Crippen LogP contribution in [-0.2, 0) is 0 Å². The highest BCUT2D eigenvalue weighted by atomic mass is 16.5. The summed E-state index contributed by atoms with van der Waals surface area (Å²) in [5.41, 5.74) is 0.883. The van der Waals surface area contributed by atoms with Crippen LogP contribution in [0.5, 0.6) is 11.5 Å². The molecule has 0 unspecified atom stereocenters. The number of hydrogen-bond donors (Lipinski definition) is 1. The Kier molecular flexibility index (Phi) is 6.89. The summed E-state index contributed by atoms with van der Waals surface area (Å²) in [6.07, 6.45) is 8.17. The van der Waals surface area contributed by atoms with Gasteiger partial charge in [0.15, 0.2) is 0 Å². The minimum atomic E-state index is 0.0312. The molecule has 0 bridgehead atoms. The van der Waals surface area contributed by atoms with Crippen molar-refractivity contribution in [1.29, 1.82) is 0 Å². The number of para-hydroxylation sites is 1. The highest BCUT2D eigenvalue weighted by Crippen LogP contribution is 2.30. The predicted molar refractivity (Wildman–Crippen MR) is 124 cm³/mol. The van der Waals surface area contributed by atoms with E-state index in [1.807, 2.05) is 78.6 Å². The lowest BCUT2D eigenvalue weighted by molar-refractivity contribution is 0.167. The molecule has 0 aliphatic heterocycles. The van der Waals surface area contributed by atoms with Gasteiger partial charge in [0.1, 0.15) is 11.5 Å². The van der Waals surface area contributed by atoms with Crippen LogP contribution in [0, 0.1) is 0 Å². The van der Waals surface area contributed by atoms with Gasteiger partial charge in [-0.1, -0.05) is 18.2 Å². The number of rotatable bonds is 8. The number of hydrogen-bond acceptors (Lipinski definition) is 4. The van der Waals surface area contributed by atoms with Crippen molar-refractivity contribution in [1.82, 2.24) is 19.4 Å². The highest BCUT2D eigenvalue weighted by Gasteiger charge is 2.26. The van der Waals surface area contributed by atoms with E-state index in [9.17, 15) is 4.79 Å². The molecule has 6 nitrogen and oxygen atoms in total. The number of likely N-dealkylation sites (N-methyl/N-ethyl adjacent to an activating group) is 2. The maximum absolute atomic E-state index is 13.1. The first-order valence-corrected chi connectivity index (χ1v) is 11.1. The van der Waals surface area contributed by atoms with Crippen LogP contribution < -0.4 is 15.7 Å². The molecule has 1 fully saturated rings. The van der Waals surface area contributed by atoms with E-state index >= 15 is 0 Å². The number of nitrogens with one attached hydrogen (secondary N) is 1. The first-order chi connectivity index (χ1) is 15.2. The van der Waals surface area contributed by atoms with Gasteiger partial charge in [0.25, 0.3) is 0 Å². The molecule has 1 N–H and O–H groups in total. The van der Waals surface area contributed by atoms with Crippen molar-refractivity contribution in [2.45, 2.75) is 37.8 Å². The lowest BCUT2D eigenvalue weighted by atomic mass is 9.90. The fraction of sp³-hybridized carbons (Fsp3) is 0.400. The average molecular weight is 421 g/mol. The molecule has 0 saturated heterocycles. The fourth-order valence-corrected chi connectivity index (χ4v) is 4.41. The Morgan fingerprint density at radius 1 is 0.968 bits per heavy atom. The summed E-state index contributed by atoms with van der Waals surface area (Å²) in [4.78, 5) is 15.5. The van der Waals surface area contributed by atoms with E-state index in [2.05, 4.69) is 17.3 Å². The summed E-state index contributed by atoms with van der Waals surface area (Å²) in [6.45, 7) is 2.07. The minimum Gasteiger partial charge on any atom is -0.457 e. The van der Waals surface area contributed by atoms with E-state index in [4.69, 9.17) is 4.74 Å². The van der Waals surface area contributed by atoms with Crippen molar-refractivity contribution in [3.05, 3.63) is 77.5 Å². The molecular formula is C25H32N4O2. The molecule has 4 rings (SSSR count). The van der Waals surface area contributed by atoms with Gasteiger partial charge < -0.3 is 15.0 Å². The maximum Gasteiger partial charge on any atom is 0.332 e. The molecule has 1 aromatic heterocycles. The summed E-state index contributed by atoms with van der Waals surface area (Å²) in [5, 5.41) is 3.22. The third-order valence-electron chi connectivity index (χ3n) is 6.29. The third kappa shape index (κ3) is 5.09. The van der Waals surface area contributed by atoms with E-state index in [0.29, 0.717) is 6.04 Å². The summed E-state index contributed by atoms with van der Waals surface area (Å²) >= 11 is 0. The van der Waals surface area contributed by atoms with Gasteiger partial charge in [0, 0.05) is 37.6 Å². The zero-order valence-electron chi connectivity index (χ0n) is 18.4. The van der Waals surface area contributed by atoms with Gasteiger partial charge in [-0.25, -0.2) is 4.79 Å². The SMILES string of the molecule is CNCCN(C)C1CCC(n2ccn(-c3ccc(Oc4ccccc4)cc3)c2=O)CC1. The van der Waals surface area contributed by atoms with E-state index in [0.717, 1.165) is 56.0 Å². The van der Waals surface area contributed by atoms with E-state index in [-0.39, 0.29) is 11.7 Å². The normalized spacial score (nSPS) is 18.9. The third-order valence-corrected chi connectivity index (χ3v) is 6.29. The highest BCUT2D eigenvalue weighted by molar-refractivity contribution is 5.39. The molecule has 2 aromatic carbocycles. The van der Waals surface area contributed by atoms with Gasteiger partial charge in [-0.05, 0) is 76.2 Å². The molecule has 3 aromatic rings. The topological polar surface area (TPSA) is 51.4 Å². The van der Waals surface area contributed by atoms with Crippen LogP contribution in [0.4, 0.5) is 0 Å². The van der Waals surface area contributed by atoms with Crippen LogP contribution in [-0.4, -0.2) is 47.3 Å². The number of aromatic nitrogens is 2. The van der Waals surface area contributed by atoms with Crippen LogP contribution in [0.2, 0.25) is 0 Å². The van der Waals surface area contributed by atoms with Crippen LogP contribution in [0.3, 0.4) is 0 Å². The second kappa shape index (κ2) is 9.98. The van der Waals surface area contributed by atoms with Crippen LogP contribution in [0.15, 0.2) is 71.8 Å². The monoisotopic (exact) mass is 420 g/mol. The first-order valence-electron chi connectivity index (χ1n) is 11.1. The van der Waals surface area contributed by atoms with Crippen LogP contribution >= 0.6 is 0 Å². The first kappa shape index (κ1) is 21.4. The largest absolute Gasteiger partial charge is 0.457 e. The van der Waals surface area contributed by atoms with Crippen molar-refractivity contribution in [2.75, 3.05) is 27.2 Å². The molecule has 0 atom stereocenters. The Hall–Kier alpha value is -2.83. The standard InChI is InChI=1S/C25H32N4O2/c1-26-16-17-27(2)20-8-10-21(11-9-20)28-18-19-29(25(28)30)22-12-14-24(15-13-22)31-23-6-4-3-5-7-23/h3-7,12-15,18-21,26H,8-11,16-17H2,1-2H3. The second-order valence-corrected chi connectivity index (χ2v) is 8.31. The number of nitrogens with zero attached hydrogens (tertiary/aromatic N) is 3. The Labute approximate surface area is 184 Å². The molecule has 0 radical (unpaired) electrons. The summed E-state index contributed by atoms with van der Waals surface area (Å²) < 4.78 is 9.49. The molecule has 1 aliphatic rings. The molecule has 31 heavy (non-hydrogen) atoms. The Balaban J connectivity index is 1.40. The van der Waals surface area contributed by atoms with Gasteiger partial charge in [0.05, 0.1) is 5.69 Å². The second-order valence-electron chi connectivity index (χ2n) is 8.31. The van der Waals surface area contributed by atoms with Gasteiger partial charge in [-0.15, -0.1) is 0 Å². The van der Waals surface area contributed by atoms with E-state index in [1.165, 1.54) is 0 Å². The smallest absolute Gasteiger partial charge is 0.332 e.